The SMILES string of the molecule is c1ccc(-c2ccccc2N(c2ccc3c(c2)C2(c4ccccc4-c4ccccc42)c2cccc4cccc-3c24)c2ccc3c4ccccc4n(-c4ccccc4-c4ccccc4)c3c2)cc1. The highest BCUT2D eigenvalue weighted by Gasteiger charge is 2.50. The van der Waals surface area contributed by atoms with Crippen LogP contribution in [0, 0.1) is 0 Å². The van der Waals surface area contributed by atoms with E-state index in [4.69, 9.17) is 0 Å². The van der Waals surface area contributed by atoms with E-state index in [0.717, 1.165) is 33.8 Å². The van der Waals surface area contributed by atoms with E-state index in [0.29, 0.717) is 0 Å². The van der Waals surface area contributed by atoms with Gasteiger partial charge in [-0.1, -0.05) is 212 Å². The minimum atomic E-state index is -0.547. The molecule has 2 aliphatic carbocycles. The fourth-order valence-electron chi connectivity index (χ4n) is 11.9. The molecule has 67 heavy (non-hydrogen) atoms. The van der Waals surface area contributed by atoms with Crippen LogP contribution in [0.25, 0.3) is 82.8 Å². The van der Waals surface area contributed by atoms with Gasteiger partial charge in [0.25, 0.3) is 0 Å². The van der Waals surface area contributed by atoms with Gasteiger partial charge in [-0.3, -0.25) is 0 Å². The Kier molecular flexibility index (Phi) is 8.23. The van der Waals surface area contributed by atoms with Gasteiger partial charge in [0.1, 0.15) is 0 Å². The molecule has 312 valence electrons. The number of aromatic nitrogens is 1. The molecule has 0 amide bonds. The fourth-order valence-corrected chi connectivity index (χ4v) is 11.9. The molecule has 11 aromatic carbocycles. The summed E-state index contributed by atoms with van der Waals surface area (Å²) in [6.07, 6.45) is 0. The quantitative estimate of drug-likeness (QED) is 0.162. The highest BCUT2D eigenvalue weighted by Crippen LogP contribution is 2.62. The number of benzene rings is 11. The summed E-state index contributed by atoms with van der Waals surface area (Å²) in [5.41, 5.74) is 21.4. The number of rotatable bonds is 6. The first-order valence-corrected chi connectivity index (χ1v) is 23.3. The van der Waals surface area contributed by atoms with Crippen molar-refractivity contribution in [2.45, 2.75) is 5.41 Å². The second kappa shape index (κ2) is 14.7. The van der Waals surface area contributed by atoms with Gasteiger partial charge in [-0.15, -0.1) is 0 Å². The second-order valence-corrected chi connectivity index (χ2v) is 17.9. The topological polar surface area (TPSA) is 8.17 Å². The summed E-state index contributed by atoms with van der Waals surface area (Å²) < 4.78 is 2.48. The molecule has 1 heterocycles. The van der Waals surface area contributed by atoms with Crippen LogP contribution in [-0.4, -0.2) is 4.57 Å². The lowest BCUT2D eigenvalue weighted by Crippen LogP contribution is -2.32. The average Bonchev–Trinajstić information content (AvgIpc) is 3.89. The third-order valence-corrected chi connectivity index (χ3v) is 14.6. The van der Waals surface area contributed by atoms with Gasteiger partial charge in [0, 0.05) is 33.3 Å². The molecule has 0 saturated heterocycles. The zero-order valence-corrected chi connectivity index (χ0v) is 36.6. The molecule has 0 saturated carbocycles. The van der Waals surface area contributed by atoms with Crippen LogP contribution in [-0.2, 0) is 5.41 Å². The monoisotopic (exact) mass is 850 g/mol. The van der Waals surface area contributed by atoms with Gasteiger partial charge in [0.2, 0.25) is 0 Å². The molecule has 0 radical (unpaired) electrons. The van der Waals surface area contributed by atoms with Crippen LogP contribution in [0.1, 0.15) is 22.3 Å². The molecule has 2 aliphatic rings. The van der Waals surface area contributed by atoms with Crippen LogP contribution in [0.3, 0.4) is 0 Å². The van der Waals surface area contributed by atoms with Crippen LogP contribution in [0.15, 0.2) is 255 Å². The molecule has 1 aromatic heterocycles. The lowest BCUT2D eigenvalue weighted by atomic mass is 9.61. The highest BCUT2D eigenvalue weighted by molar-refractivity contribution is 6.12. The summed E-state index contributed by atoms with van der Waals surface area (Å²) in [6, 6.07) is 94.5. The van der Waals surface area contributed by atoms with Crippen LogP contribution < -0.4 is 4.90 Å². The second-order valence-electron chi connectivity index (χ2n) is 17.9. The minimum absolute atomic E-state index is 0.547. The van der Waals surface area contributed by atoms with E-state index >= 15 is 0 Å². The van der Waals surface area contributed by atoms with Gasteiger partial charge in [0.05, 0.1) is 27.8 Å². The normalized spacial score (nSPS) is 12.9. The van der Waals surface area contributed by atoms with E-state index in [1.807, 2.05) is 0 Å². The van der Waals surface area contributed by atoms with E-state index in [1.54, 1.807) is 0 Å². The summed E-state index contributed by atoms with van der Waals surface area (Å²) in [5, 5.41) is 5.04. The maximum Gasteiger partial charge on any atom is 0.0726 e. The average molecular weight is 851 g/mol. The molecule has 12 aromatic rings. The Morgan fingerprint density at radius 1 is 0.313 bits per heavy atom. The molecule has 14 rings (SSSR count). The number of fused-ring (bicyclic) bond motifs is 12. The number of hydrogen-bond donors (Lipinski definition) is 0. The maximum atomic E-state index is 2.52. The largest absolute Gasteiger partial charge is 0.310 e. The van der Waals surface area contributed by atoms with E-state index in [9.17, 15) is 0 Å². The smallest absolute Gasteiger partial charge is 0.0726 e. The summed E-state index contributed by atoms with van der Waals surface area (Å²) in [7, 11) is 0. The van der Waals surface area contributed by atoms with E-state index in [1.165, 1.54) is 88.3 Å². The molecule has 2 heteroatoms. The summed E-state index contributed by atoms with van der Waals surface area (Å²) >= 11 is 0. The third kappa shape index (κ3) is 5.39. The standard InChI is InChI=1S/C65H42N2/c1-3-19-43(20-4-1)48-25-9-14-34-60(48)66(47-38-40-54-53-29-11-16-36-62(53)67(63(54)42-47)61-35-15-10-26-49(61)44-21-5-2-6-22-44)46-37-39-52-55-30-17-23-45-24-18-33-58(64(45)55)65(59(52)41-46)56-31-12-7-27-50(56)51-28-8-13-32-57(51)65/h1-42H. The summed E-state index contributed by atoms with van der Waals surface area (Å²) in [6.45, 7) is 0. The van der Waals surface area contributed by atoms with Crippen molar-refractivity contribution in [2.24, 2.45) is 0 Å². The van der Waals surface area contributed by atoms with E-state index < -0.39 is 5.41 Å². The molecule has 0 bridgehead atoms. The molecule has 0 unspecified atom stereocenters. The Morgan fingerprint density at radius 2 is 0.836 bits per heavy atom. The van der Waals surface area contributed by atoms with Crippen molar-refractivity contribution < 1.29 is 0 Å². The first-order chi connectivity index (χ1) is 33.3. The number of para-hydroxylation sites is 3. The van der Waals surface area contributed by atoms with Gasteiger partial charge in [-0.2, -0.15) is 0 Å². The predicted octanol–water partition coefficient (Wildman–Crippen LogP) is 17.1. The number of anilines is 3. The first-order valence-electron chi connectivity index (χ1n) is 23.3. The fraction of sp³-hybridized carbons (Fsp3) is 0.0154. The van der Waals surface area contributed by atoms with Crippen molar-refractivity contribution in [2.75, 3.05) is 4.90 Å². The van der Waals surface area contributed by atoms with Crippen molar-refractivity contribution in [3.8, 4) is 50.2 Å². The molecular weight excluding hydrogens is 809 g/mol. The third-order valence-electron chi connectivity index (χ3n) is 14.6. The van der Waals surface area contributed by atoms with Gasteiger partial charge in [-0.05, 0) is 109 Å². The van der Waals surface area contributed by atoms with Crippen LogP contribution in [0.2, 0.25) is 0 Å². The van der Waals surface area contributed by atoms with Crippen molar-refractivity contribution in [3.63, 3.8) is 0 Å². The summed E-state index contributed by atoms with van der Waals surface area (Å²) in [5.74, 6) is 0. The molecule has 0 fully saturated rings. The molecule has 1 spiro atoms. The van der Waals surface area contributed by atoms with Gasteiger partial charge < -0.3 is 9.47 Å². The van der Waals surface area contributed by atoms with Gasteiger partial charge in [-0.25, -0.2) is 0 Å². The molecular formula is C65H42N2. The van der Waals surface area contributed by atoms with E-state index in [-0.39, 0.29) is 0 Å². The molecule has 0 atom stereocenters. The lowest BCUT2D eigenvalue weighted by Gasteiger charge is -2.41. The molecule has 2 nitrogen and oxygen atoms in total. The molecule has 0 N–H and O–H groups in total. The minimum Gasteiger partial charge on any atom is -0.310 e. The van der Waals surface area contributed by atoms with Crippen molar-refractivity contribution in [1.29, 1.82) is 0 Å². The number of hydrogen-bond acceptors (Lipinski definition) is 1. The van der Waals surface area contributed by atoms with Crippen LogP contribution in [0.5, 0.6) is 0 Å². The van der Waals surface area contributed by atoms with Crippen molar-refractivity contribution >= 4 is 49.6 Å². The Bertz CT molecular complexity index is 3880. The number of nitrogens with zero attached hydrogens (tertiary/aromatic N) is 2. The maximum absolute atomic E-state index is 2.52. The summed E-state index contributed by atoms with van der Waals surface area (Å²) in [4.78, 5) is 2.51. The van der Waals surface area contributed by atoms with Gasteiger partial charge >= 0.3 is 0 Å². The first kappa shape index (κ1) is 37.6. The van der Waals surface area contributed by atoms with Crippen molar-refractivity contribution in [1.82, 2.24) is 4.57 Å². The predicted molar refractivity (Wildman–Crippen MR) is 280 cm³/mol. The molecule has 0 aliphatic heterocycles. The van der Waals surface area contributed by atoms with E-state index in [2.05, 4.69) is 264 Å². The Morgan fingerprint density at radius 3 is 1.60 bits per heavy atom. The van der Waals surface area contributed by atoms with Crippen LogP contribution in [0.4, 0.5) is 17.1 Å². The Labute approximate surface area is 389 Å². The highest BCUT2D eigenvalue weighted by atomic mass is 15.1. The Hall–Kier alpha value is -8.72. The zero-order valence-electron chi connectivity index (χ0n) is 36.6. The van der Waals surface area contributed by atoms with Crippen LogP contribution >= 0.6 is 0 Å². The van der Waals surface area contributed by atoms with Gasteiger partial charge in [0.15, 0.2) is 0 Å². The lowest BCUT2D eigenvalue weighted by molar-refractivity contribution is 0.773. The van der Waals surface area contributed by atoms with Crippen molar-refractivity contribution in [3.05, 3.63) is 277 Å². The zero-order chi connectivity index (χ0) is 44.1. The Balaban J connectivity index is 1.08.